The number of nitrogens with one attached hydrogen (secondary N) is 1. The number of sulfonamides is 1. The van der Waals surface area contributed by atoms with Crippen molar-refractivity contribution in [1.29, 1.82) is 0 Å². The second-order valence-corrected chi connectivity index (χ2v) is 8.69. The molecule has 0 unspecified atom stereocenters. The highest BCUT2D eigenvalue weighted by molar-refractivity contribution is 7.92. The summed E-state index contributed by atoms with van der Waals surface area (Å²) in [5, 5.41) is 0. The van der Waals surface area contributed by atoms with E-state index in [-0.39, 0.29) is 0 Å². The van der Waals surface area contributed by atoms with E-state index in [0.717, 1.165) is 28.9 Å². The number of oxazole rings is 1. The molecule has 2 aromatic carbocycles. The first kappa shape index (κ1) is 19.0. The highest BCUT2D eigenvalue weighted by atomic mass is 32.2. The van der Waals surface area contributed by atoms with E-state index < -0.39 is 10.0 Å². The molecule has 0 spiro atoms. The van der Waals surface area contributed by atoms with E-state index >= 15 is 0 Å². The van der Waals surface area contributed by atoms with E-state index in [4.69, 9.17) is 4.42 Å². The van der Waals surface area contributed by atoms with Gasteiger partial charge in [-0.05, 0) is 61.9 Å². The Balaban J connectivity index is 1.63. The van der Waals surface area contributed by atoms with Gasteiger partial charge in [-0.25, -0.2) is 13.4 Å². The van der Waals surface area contributed by atoms with Crippen LogP contribution in [0.4, 0.5) is 5.69 Å². The van der Waals surface area contributed by atoms with Gasteiger partial charge in [-0.2, -0.15) is 0 Å². The minimum Gasteiger partial charge on any atom is -0.437 e. The van der Waals surface area contributed by atoms with Crippen molar-refractivity contribution in [2.75, 3.05) is 11.0 Å². The Hall–Kier alpha value is -3.32. The fourth-order valence-corrected chi connectivity index (χ4v) is 3.94. The molecule has 0 amide bonds. The third-order valence-corrected chi connectivity index (χ3v) is 5.20. The normalized spacial score (nSPS) is 12.1. The van der Waals surface area contributed by atoms with E-state index in [1.165, 1.54) is 0 Å². The molecule has 4 rings (SSSR count). The maximum absolute atomic E-state index is 11.4. The Morgan fingerprint density at radius 2 is 1.79 bits per heavy atom. The fourth-order valence-electron chi connectivity index (χ4n) is 3.39. The van der Waals surface area contributed by atoms with Gasteiger partial charge in [0.15, 0.2) is 5.58 Å². The summed E-state index contributed by atoms with van der Waals surface area (Å²) in [5.41, 5.74) is 6.10. The molecule has 29 heavy (non-hydrogen) atoms. The predicted molar refractivity (Wildman–Crippen MR) is 117 cm³/mol. The summed E-state index contributed by atoms with van der Waals surface area (Å²) in [5.74, 6) is 0.459. The van der Waals surface area contributed by atoms with Crippen molar-refractivity contribution in [2.45, 2.75) is 13.8 Å². The topological polar surface area (TPSA) is 77.1 Å². The maximum atomic E-state index is 11.4. The molecule has 0 saturated carbocycles. The number of nitrogens with zero attached hydrogens (tertiary/aromatic N) is 2. The Morgan fingerprint density at radius 1 is 1.03 bits per heavy atom. The zero-order chi connectivity index (χ0) is 20.6. The molecule has 0 bridgehead atoms. The largest absolute Gasteiger partial charge is 0.437 e. The SMILES string of the molecule is Cc1cc(/C=C/c2nc3cc(NS(C)(=O)=O)ccc3o2)c(C)n1-c1ccccc1. The van der Waals surface area contributed by atoms with E-state index in [1.807, 2.05) is 30.4 Å². The minimum atomic E-state index is -3.34. The van der Waals surface area contributed by atoms with Crippen LogP contribution in [0, 0.1) is 13.8 Å². The van der Waals surface area contributed by atoms with Gasteiger partial charge in [0, 0.05) is 23.2 Å². The van der Waals surface area contributed by atoms with E-state index in [1.54, 1.807) is 18.2 Å². The summed E-state index contributed by atoms with van der Waals surface area (Å²) in [7, 11) is -3.34. The molecule has 0 aliphatic heterocycles. The van der Waals surface area contributed by atoms with Gasteiger partial charge < -0.3 is 8.98 Å². The van der Waals surface area contributed by atoms with Crippen molar-refractivity contribution < 1.29 is 12.8 Å². The number of rotatable bonds is 5. The monoisotopic (exact) mass is 407 g/mol. The summed E-state index contributed by atoms with van der Waals surface area (Å²) < 4.78 is 33.2. The lowest BCUT2D eigenvalue weighted by Crippen LogP contribution is -2.09. The van der Waals surface area contributed by atoms with Crippen LogP contribution in [-0.4, -0.2) is 24.2 Å². The number of hydrogen-bond donors (Lipinski definition) is 1. The first-order chi connectivity index (χ1) is 13.8. The molecular weight excluding hydrogens is 386 g/mol. The van der Waals surface area contributed by atoms with Gasteiger partial charge in [-0.15, -0.1) is 0 Å². The number of fused-ring (bicyclic) bond motifs is 1. The molecule has 0 atom stereocenters. The Bertz CT molecular complexity index is 1320. The van der Waals surface area contributed by atoms with Crippen LogP contribution in [0.3, 0.4) is 0 Å². The van der Waals surface area contributed by atoms with Crippen LogP contribution in [0.2, 0.25) is 0 Å². The van der Waals surface area contributed by atoms with Crippen LogP contribution >= 0.6 is 0 Å². The number of para-hydroxylation sites is 1. The highest BCUT2D eigenvalue weighted by Crippen LogP contribution is 2.24. The molecule has 1 N–H and O–H groups in total. The average Bonchev–Trinajstić information content (AvgIpc) is 3.19. The van der Waals surface area contributed by atoms with Crippen LogP contribution in [0.1, 0.15) is 22.8 Å². The van der Waals surface area contributed by atoms with Crippen molar-refractivity contribution >= 4 is 39.0 Å². The molecule has 0 aliphatic rings. The fraction of sp³-hybridized carbons (Fsp3) is 0.136. The first-order valence-corrected chi connectivity index (χ1v) is 11.0. The lowest BCUT2D eigenvalue weighted by Gasteiger charge is -2.09. The minimum absolute atomic E-state index is 0.454. The third kappa shape index (κ3) is 4.09. The van der Waals surface area contributed by atoms with E-state index in [0.29, 0.717) is 22.7 Å². The smallest absolute Gasteiger partial charge is 0.229 e. The molecule has 0 saturated heterocycles. The molecule has 148 valence electrons. The lowest BCUT2D eigenvalue weighted by atomic mass is 10.2. The Kier molecular flexibility index (Phi) is 4.76. The summed E-state index contributed by atoms with van der Waals surface area (Å²) >= 11 is 0. The van der Waals surface area contributed by atoms with Gasteiger partial charge in [-0.3, -0.25) is 4.72 Å². The summed E-state index contributed by atoms with van der Waals surface area (Å²) in [6.45, 7) is 4.15. The maximum Gasteiger partial charge on any atom is 0.229 e. The molecule has 7 heteroatoms. The second-order valence-electron chi connectivity index (χ2n) is 6.94. The van der Waals surface area contributed by atoms with Gasteiger partial charge in [-0.1, -0.05) is 18.2 Å². The van der Waals surface area contributed by atoms with Gasteiger partial charge >= 0.3 is 0 Å². The summed E-state index contributed by atoms with van der Waals surface area (Å²) in [6.07, 6.45) is 4.91. The molecule has 4 aromatic rings. The summed E-state index contributed by atoms with van der Waals surface area (Å²) in [4.78, 5) is 4.44. The molecule has 6 nitrogen and oxygen atoms in total. The first-order valence-electron chi connectivity index (χ1n) is 9.11. The second kappa shape index (κ2) is 7.25. The van der Waals surface area contributed by atoms with E-state index in [2.05, 4.69) is 46.3 Å². The number of hydrogen-bond acceptors (Lipinski definition) is 4. The Morgan fingerprint density at radius 3 is 2.52 bits per heavy atom. The number of anilines is 1. The van der Waals surface area contributed by atoms with E-state index in [9.17, 15) is 8.42 Å². The lowest BCUT2D eigenvalue weighted by molar-refractivity contribution is 0.589. The number of aromatic nitrogens is 2. The van der Waals surface area contributed by atoms with Gasteiger partial charge in [0.05, 0.1) is 11.9 Å². The average molecular weight is 407 g/mol. The van der Waals surface area contributed by atoms with Crippen LogP contribution < -0.4 is 4.72 Å². The van der Waals surface area contributed by atoms with Crippen molar-refractivity contribution in [2.24, 2.45) is 0 Å². The highest BCUT2D eigenvalue weighted by Gasteiger charge is 2.10. The molecule has 0 radical (unpaired) electrons. The van der Waals surface area contributed by atoms with Gasteiger partial charge in [0.25, 0.3) is 0 Å². The zero-order valence-electron chi connectivity index (χ0n) is 16.4. The standard InChI is InChI=1S/C22H21N3O3S/c1-15-13-17(16(2)25(15)19-7-5-4-6-8-19)9-12-22-23-20-14-18(24-29(3,26)27)10-11-21(20)28-22/h4-14,24H,1-3H3/b12-9+. The molecule has 2 aromatic heterocycles. The number of benzene rings is 2. The number of aryl methyl sites for hydroxylation is 1. The van der Waals surface area contributed by atoms with Crippen LogP contribution in [-0.2, 0) is 10.0 Å². The van der Waals surface area contributed by atoms with Crippen molar-refractivity contribution in [3.8, 4) is 5.69 Å². The summed E-state index contributed by atoms with van der Waals surface area (Å²) in [6, 6.07) is 17.3. The van der Waals surface area contributed by atoms with Crippen molar-refractivity contribution in [3.05, 3.63) is 77.4 Å². The molecule has 2 heterocycles. The zero-order valence-corrected chi connectivity index (χ0v) is 17.2. The van der Waals surface area contributed by atoms with Crippen molar-refractivity contribution in [1.82, 2.24) is 9.55 Å². The molecule has 0 aliphatic carbocycles. The van der Waals surface area contributed by atoms with Crippen LogP contribution in [0.15, 0.2) is 59.0 Å². The van der Waals surface area contributed by atoms with Crippen molar-refractivity contribution in [3.63, 3.8) is 0 Å². The van der Waals surface area contributed by atoms with Gasteiger partial charge in [0.1, 0.15) is 5.52 Å². The predicted octanol–water partition coefficient (Wildman–Crippen LogP) is 4.78. The third-order valence-electron chi connectivity index (χ3n) is 4.60. The van der Waals surface area contributed by atoms with Crippen LogP contribution in [0.5, 0.6) is 0 Å². The Labute approximate surface area is 169 Å². The van der Waals surface area contributed by atoms with Gasteiger partial charge in [0.2, 0.25) is 15.9 Å². The quantitative estimate of drug-likeness (QED) is 0.517. The molecular formula is C22H21N3O3S. The molecule has 0 fully saturated rings. The van der Waals surface area contributed by atoms with Crippen LogP contribution in [0.25, 0.3) is 28.9 Å².